The third-order valence-corrected chi connectivity index (χ3v) is 4.30. The van der Waals surface area contributed by atoms with Gasteiger partial charge in [-0.3, -0.25) is 4.79 Å². The van der Waals surface area contributed by atoms with Crippen molar-refractivity contribution in [3.8, 4) is 5.69 Å². The molecule has 0 radical (unpaired) electrons. The lowest BCUT2D eigenvalue weighted by Gasteiger charge is -2.12. The molecule has 0 spiro atoms. The lowest BCUT2D eigenvalue weighted by molar-refractivity contribution is -0.137. The highest BCUT2D eigenvalue weighted by atomic mass is 19.4. The van der Waals surface area contributed by atoms with Gasteiger partial charge >= 0.3 is 12.1 Å². The molecule has 0 saturated heterocycles. The van der Waals surface area contributed by atoms with Gasteiger partial charge in [-0.25, -0.2) is 14.5 Å². The lowest BCUT2D eigenvalue weighted by Crippen LogP contribution is -2.18. The fourth-order valence-electron chi connectivity index (χ4n) is 2.89. The van der Waals surface area contributed by atoms with Crippen molar-refractivity contribution in [1.82, 2.24) is 14.8 Å². The summed E-state index contributed by atoms with van der Waals surface area (Å²) in [5.41, 5.74) is 0.383. The molecule has 1 aromatic carbocycles. The van der Waals surface area contributed by atoms with Crippen LogP contribution in [0.3, 0.4) is 0 Å². The van der Waals surface area contributed by atoms with Crippen LogP contribution in [0.1, 0.15) is 44.7 Å². The summed E-state index contributed by atoms with van der Waals surface area (Å²) >= 11 is 0. The number of rotatable bonds is 5. The van der Waals surface area contributed by atoms with Crippen LogP contribution in [0.2, 0.25) is 0 Å². The van der Waals surface area contributed by atoms with E-state index in [2.05, 4.69) is 15.4 Å². The fraction of sp³-hybridized carbons (Fsp3) is 0.238. The summed E-state index contributed by atoms with van der Waals surface area (Å²) in [6.07, 6.45) is -4.51. The van der Waals surface area contributed by atoms with Gasteiger partial charge in [0.25, 0.3) is 5.91 Å². The highest BCUT2D eigenvalue weighted by molar-refractivity contribution is 6.03. The molecule has 0 bridgehead atoms. The van der Waals surface area contributed by atoms with Crippen LogP contribution >= 0.6 is 0 Å². The maximum atomic E-state index is 13.1. The second-order valence-electron chi connectivity index (χ2n) is 6.63. The normalized spacial score (nSPS) is 11.3. The molecular formula is C21H19F3N4O3. The van der Waals surface area contributed by atoms with Gasteiger partial charge in [0.2, 0.25) is 0 Å². The maximum Gasteiger partial charge on any atom is 0.416 e. The molecule has 2 aromatic heterocycles. The van der Waals surface area contributed by atoms with E-state index in [0.29, 0.717) is 11.4 Å². The Hall–Kier alpha value is -3.69. The molecule has 162 valence electrons. The molecule has 0 aliphatic heterocycles. The number of pyridine rings is 1. The zero-order chi connectivity index (χ0) is 22.8. The molecule has 3 aromatic rings. The third kappa shape index (κ3) is 4.90. The molecule has 10 heteroatoms. The summed E-state index contributed by atoms with van der Waals surface area (Å²) in [5.74, 6) is -0.972. The topological polar surface area (TPSA) is 86.1 Å². The summed E-state index contributed by atoms with van der Waals surface area (Å²) in [7, 11) is 0. The first kappa shape index (κ1) is 22.0. The number of amides is 1. The lowest BCUT2D eigenvalue weighted by atomic mass is 10.2. The average Bonchev–Trinajstić information content (AvgIpc) is 3.07. The van der Waals surface area contributed by atoms with Gasteiger partial charge in [0.05, 0.1) is 34.8 Å². The number of aryl methyl sites for hydroxylation is 2. The molecule has 0 unspecified atom stereocenters. The molecule has 1 amide bonds. The molecule has 3 rings (SSSR count). The van der Waals surface area contributed by atoms with Crippen LogP contribution in [0.15, 0.2) is 42.5 Å². The first-order valence-corrected chi connectivity index (χ1v) is 9.30. The number of nitrogens with one attached hydrogen (secondary N) is 1. The Morgan fingerprint density at radius 3 is 2.52 bits per heavy atom. The number of benzene rings is 1. The number of nitrogens with zero attached hydrogens (tertiary/aromatic N) is 3. The van der Waals surface area contributed by atoms with E-state index in [0.717, 1.165) is 12.1 Å². The van der Waals surface area contributed by atoms with E-state index in [-0.39, 0.29) is 29.4 Å². The number of hydrogen-bond donors (Lipinski definition) is 1. The fourth-order valence-corrected chi connectivity index (χ4v) is 2.89. The number of carbonyl (C=O) groups excluding carboxylic acids is 2. The zero-order valence-electron chi connectivity index (χ0n) is 16.9. The Balaban J connectivity index is 1.89. The van der Waals surface area contributed by atoms with Crippen LogP contribution < -0.4 is 5.32 Å². The van der Waals surface area contributed by atoms with E-state index >= 15 is 0 Å². The molecule has 1 N–H and O–H groups in total. The van der Waals surface area contributed by atoms with Gasteiger partial charge in [-0.1, -0.05) is 6.07 Å². The standard InChI is InChI=1S/C21H19F3N4O3/c1-4-31-20(30)16-8-9-17(25-13(16)3)19(29)26-18-10-12(2)27-28(18)15-7-5-6-14(11-15)21(22,23)24/h5-11H,4H2,1-3H3,(H,26,29). The minimum Gasteiger partial charge on any atom is -0.462 e. The van der Waals surface area contributed by atoms with Crippen molar-refractivity contribution < 1.29 is 27.5 Å². The average molecular weight is 432 g/mol. The van der Waals surface area contributed by atoms with Gasteiger partial charge in [-0.15, -0.1) is 0 Å². The molecule has 0 atom stereocenters. The van der Waals surface area contributed by atoms with Crippen LogP contribution in [-0.4, -0.2) is 33.2 Å². The first-order chi connectivity index (χ1) is 14.6. The third-order valence-electron chi connectivity index (χ3n) is 4.30. The molecule has 0 aliphatic carbocycles. The molecular weight excluding hydrogens is 413 g/mol. The Bertz CT molecular complexity index is 1140. The van der Waals surface area contributed by atoms with E-state index < -0.39 is 23.6 Å². The van der Waals surface area contributed by atoms with Gasteiger partial charge < -0.3 is 10.1 Å². The number of hydrogen-bond acceptors (Lipinski definition) is 5. The summed E-state index contributed by atoms with van der Waals surface area (Å²) in [6.45, 7) is 5.10. The van der Waals surface area contributed by atoms with Crippen LogP contribution in [0.25, 0.3) is 5.69 Å². The number of carbonyl (C=O) groups is 2. The van der Waals surface area contributed by atoms with Crippen molar-refractivity contribution in [3.63, 3.8) is 0 Å². The first-order valence-electron chi connectivity index (χ1n) is 9.30. The number of halogens is 3. The zero-order valence-corrected chi connectivity index (χ0v) is 16.9. The quantitative estimate of drug-likeness (QED) is 0.607. The number of esters is 1. The largest absolute Gasteiger partial charge is 0.462 e. The van der Waals surface area contributed by atoms with Crippen molar-refractivity contribution in [1.29, 1.82) is 0 Å². The van der Waals surface area contributed by atoms with Crippen molar-refractivity contribution >= 4 is 17.7 Å². The number of ether oxygens (including phenoxy) is 1. The predicted molar refractivity (Wildman–Crippen MR) is 106 cm³/mol. The molecule has 0 aliphatic rings. The number of aromatic nitrogens is 3. The minimum absolute atomic E-state index is 0.0278. The van der Waals surface area contributed by atoms with Crippen LogP contribution in [0.4, 0.5) is 19.0 Å². The summed E-state index contributed by atoms with van der Waals surface area (Å²) in [6, 6.07) is 8.94. The van der Waals surface area contributed by atoms with Crippen LogP contribution in [-0.2, 0) is 10.9 Å². The van der Waals surface area contributed by atoms with Crippen molar-refractivity contribution in [3.05, 3.63) is 70.7 Å². The Labute approximate surface area is 175 Å². The molecule has 0 fully saturated rings. The minimum atomic E-state index is -4.51. The predicted octanol–water partition coefficient (Wildman–Crippen LogP) is 4.33. The molecule has 2 heterocycles. The Morgan fingerprint density at radius 2 is 1.87 bits per heavy atom. The van der Waals surface area contributed by atoms with Gasteiger partial charge in [0, 0.05) is 6.07 Å². The van der Waals surface area contributed by atoms with Crippen molar-refractivity contribution in [2.24, 2.45) is 0 Å². The summed E-state index contributed by atoms with van der Waals surface area (Å²) in [4.78, 5) is 28.7. The highest BCUT2D eigenvalue weighted by Crippen LogP contribution is 2.31. The van der Waals surface area contributed by atoms with Gasteiger partial charge in [-0.2, -0.15) is 18.3 Å². The number of anilines is 1. The van der Waals surface area contributed by atoms with Crippen molar-refractivity contribution in [2.45, 2.75) is 26.9 Å². The van der Waals surface area contributed by atoms with E-state index in [9.17, 15) is 22.8 Å². The van der Waals surface area contributed by atoms with E-state index in [4.69, 9.17) is 4.74 Å². The summed E-state index contributed by atoms with van der Waals surface area (Å²) in [5, 5.41) is 6.79. The highest BCUT2D eigenvalue weighted by Gasteiger charge is 2.30. The van der Waals surface area contributed by atoms with E-state index in [1.54, 1.807) is 20.8 Å². The smallest absolute Gasteiger partial charge is 0.416 e. The van der Waals surface area contributed by atoms with E-state index in [1.165, 1.54) is 35.0 Å². The van der Waals surface area contributed by atoms with Gasteiger partial charge in [-0.05, 0) is 51.1 Å². The van der Waals surface area contributed by atoms with Crippen molar-refractivity contribution in [2.75, 3.05) is 11.9 Å². The molecule has 31 heavy (non-hydrogen) atoms. The second-order valence-corrected chi connectivity index (χ2v) is 6.63. The molecule has 0 saturated carbocycles. The van der Waals surface area contributed by atoms with E-state index in [1.807, 2.05) is 0 Å². The number of alkyl halides is 3. The van der Waals surface area contributed by atoms with Gasteiger partial charge in [0.15, 0.2) is 0 Å². The second kappa shape index (κ2) is 8.58. The monoisotopic (exact) mass is 432 g/mol. The Kier molecular flexibility index (Phi) is 6.09. The Morgan fingerprint density at radius 1 is 1.13 bits per heavy atom. The van der Waals surface area contributed by atoms with Gasteiger partial charge in [0.1, 0.15) is 11.5 Å². The van der Waals surface area contributed by atoms with Crippen LogP contribution in [0.5, 0.6) is 0 Å². The summed E-state index contributed by atoms with van der Waals surface area (Å²) < 4.78 is 45.3. The molecule has 7 nitrogen and oxygen atoms in total. The SMILES string of the molecule is CCOC(=O)c1ccc(C(=O)Nc2cc(C)nn2-c2cccc(C(F)(F)F)c2)nc1C. The van der Waals surface area contributed by atoms with Crippen LogP contribution in [0, 0.1) is 13.8 Å². The maximum absolute atomic E-state index is 13.1.